The van der Waals surface area contributed by atoms with Gasteiger partial charge in [-0.05, 0) is 0 Å². The van der Waals surface area contributed by atoms with E-state index in [1.807, 2.05) is 0 Å². The molecule has 0 amide bonds. The molecule has 0 fully saturated rings. The number of hydrogen-bond acceptors (Lipinski definition) is 1. The van der Waals surface area contributed by atoms with Gasteiger partial charge in [0.25, 0.3) is 0 Å². The van der Waals surface area contributed by atoms with Gasteiger partial charge in [0.2, 0.25) is 7.37 Å². The van der Waals surface area contributed by atoms with Gasteiger partial charge in [-0.25, -0.2) is 0 Å². The summed E-state index contributed by atoms with van der Waals surface area (Å²) in [4.78, 5) is 8.93. The Balaban J connectivity index is 0. The monoisotopic (exact) mass is 226 g/mol. The van der Waals surface area contributed by atoms with E-state index in [2.05, 4.69) is 13.2 Å². The first-order valence-electron chi connectivity index (χ1n) is 2.65. The van der Waals surface area contributed by atoms with E-state index in [0.29, 0.717) is 0 Å². The molecule has 0 spiro atoms. The number of allylic oxidation sites excluding steroid dienone is 2. The maximum absolute atomic E-state index is 10.8. The third kappa shape index (κ3) is 6.27. The Morgan fingerprint density at radius 3 is 1.80 bits per heavy atom. The first kappa shape index (κ1) is 12.8. The normalized spacial score (nSPS) is 9.70. The summed E-state index contributed by atoms with van der Waals surface area (Å²) in [5, 5.41) is 0. The van der Waals surface area contributed by atoms with Gasteiger partial charge < -0.3 is 4.89 Å². The Labute approximate surface area is 71.9 Å². The van der Waals surface area contributed by atoms with Crippen molar-refractivity contribution in [2.24, 2.45) is 0 Å². The fourth-order valence-corrected chi connectivity index (χ4v) is 1.43. The molecular formula is C6H12BrO2P. The maximum Gasteiger partial charge on any atom is 0.207 e. The van der Waals surface area contributed by atoms with Crippen molar-refractivity contribution < 1.29 is 9.46 Å². The van der Waals surface area contributed by atoms with Gasteiger partial charge >= 0.3 is 0 Å². The molecule has 0 aromatic rings. The molecule has 0 aromatic heterocycles. The van der Waals surface area contributed by atoms with Gasteiger partial charge in [0.1, 0.15) is 0 Å². The summed E-state index contributed by atoms with van der Waals surface area (Å²) in [5.41, 5.74) is 0. The molecule has 2 nitrogen and oxygen atoms in total. The van der Waals surface area contributed by atoms with Gasteiger partial charge in [-0.2, -0.15) is 0 Å². The van der Waals surface area contributed by atoms with Crippen molar-refractivity contribution in [2.45, 2.75) is 0 Å². The molecule has 0 aliphatic heterocycles. The van der Waals surface area contributed by atoms with Crippen LogP contribution in [0.25, 0.3) is 0 Å². The van der Waals surface area contributed by atoms with Crippen molar-refractivity contribution >= 4 is 24.4 Å². The van der Waals surface area contributed by atoms with Crippen LogP contribution < -0.4 is 0 Å². The highest BCUT2D eigenvalue weighted by molar-refractivity contribution is 8.93. The fourth-order valence-electron chi connectivity index (χ4n) is 0.478. The van der Waals surface area contributed by atoms with Crippen molar-refractivity contribution in [3.8, 4) is 0 Å². The van der Waals surface area contributed by atoms with Gasteiger partial charge in [-0.1, -0.05) is 12.2 Å². The molecule has 0 saturated heterocycles. The standard InChI is InChI=1S/C6H11O2P.BrH/c1-3-5-9(7,8)6-4-2;/h3-4H,1-2,5-6H2,(H,7,8);1H. The molecule has 0 aliphatic carbocycles. The quantitative estimate of drug-likeness (QED) is 0.590. The van der Waals surface area contributed by atoms with E-state index >= 15 is 0 Å². The molecule has 10 heavy (non-hydrogen) atoms. The highest BCUT2D eigenvalue weighted by atomic mass is 79.9. The molecule has 1 N–H and O–H groups in total. The van der Waals surface area contributed by atoms with Crippen molar-refractivity contribution in [2.75, 3.05) is 12.3 Å². The Bertz CT molecular complexity index is 142. The zero-order chi connectivity index (χ0) is 7.33. The van der Waals surface area contributed by atoms with E-state index < -0.39 is 7.37 Å². The Hall–Kier alpha value is 0.150. The van der Waals surface area contributed by atoms with Crippen LogP contribution in [0.5, 0.6) is 0 Å². The van der Waals surface area contributed by atoms with Crippen molar-refractivity contribution in [1.82, 2.24) is 0 Å². The summed E-state index contributed by atoms with van der Waals surface area (Å²) in [7, 11) is -2.93. The molecule has 0 saturated carbocycles. The topological polar surface area (TPSA) is 37.3 Å². The average molecular weight is 227 g/mol. The molecule has 4 heteroatoms. The fraction of sp³-hybridized carbons (Fsp3) is 0.333. The van der Waals surface area contributed by atoms with Crippen LogP contribution in [0.2, 0.25) is 0 Å². The van der Waals surface area contributed by atoms with Gasteiger partial charge in [0.15, 0.2) is 0 Å². The Kier molecular flexibility index (Phi) is 7.55. The zero-order valence-corrected chi connectivity index (χ0v) is 8.30. The molecule has 0 atom stereocenters. The van der Waals surface area contributed by atoms with Gasteiger partial charge in [0.05, 0.1) is 0 Å². The molecule has 0 aromatic carbocycles. The second-order valence-electron chi connectivity index (χ2n) is 1.79. The van der Waals surface area contributed by atoms with Crippen LogP contribution in [0.3, 0.4) is 0 Å². The van der Waals surface area contributed by atoms with E-state index in [0.717, 1.165) is 0 Å². The second kappa shape index (κ2) is 5.90. The summed E-state index contributed by atoms with van der Waals surface area (Å²) < 4.78 is 10.8. The lowest BCUT2D eigenvalue weighted by Gasteiger charge is -2.03. The second-order valence-corrected chi connectivity index (χ2v) is 4.21. The van der Waals surface area contributed by atoms with Crippen LogP contribution in [0, 0.1) is 0 Å². The van der Waals surface area contributed by atoms with E-state index in [1.165, 1.54) is 12.2 Å². The minimum atomic E-state index is -2.93. The predicted molar refractivity (Wildman–Crippen MR) is 50.3 cm³/mol. The number of halogens is 1. The van der Waals surface area contributed by atoms with Crippen LogP contribution in [-0.2, 0) is 4.57 Å². The molecule has 0 aliphatic rings. The van der Waals surface area contributed by atoms with E-state index in [-0.39, 0.29) is 29.3 Å². The molecule has 0 radical (unpaired) electrons. The molecular weight excluding hydrogens is 215 g/mol. The average Bonchev–Trinajstić information content (AvgIpc) is 1.64. The molecule has 0 unspecified atom stereocenters. The van der Waals surface area contributed by atoms with Crippen molar-refractivity contribution in [3.63, 3.8) is 0 Å². The summed E-state index contributed by atoms with van der Waals surface area (Å²) in [5.74, 6) is 0. The first-order valence-corrected chi connectivity index (χ1v) is 4.68. The zero-order valence-electron chi connectivity index (χ0n) is 5.69. The van der Waals surface area contributed by atoms with Crippen molar-refractivity contribution in [3.05, 3.63) is 25.3 Å². The SMILES string of the molecule is Br.C=CCP(=O)(O)CC=C. The highest BCUT2D eigenvalue weighted by Gasteiger charge is 2.11. The minimum absolute atomic E-state index is 0. The van der Waals surface area contributed by atoms with Crippen LogP contribution in [0.15, 0.2) is 25.3 Å². The van der Waals surface area contributed by atoms with E-state index in [4.69, 9.17) is 4.89 Å². The summed E-state index contributed by atoms with van der Waals surface area (Å²) in [6.07, 6.45) is 3.26. The number of hydrogen-bond donors (Lipinski definition) is 1. The molecule has 60 valence electrons. The van der Waals surface area contributed by atoms with Gasteiger partial charge in [-0.3, -0.25) is 4.57 Å². The van der Waals surface area contributed by atoms with Crippen molar-refractivity contribution in [1.29, 1.82) is 0 Å². The maximum atomic E-state index is 10.8. The van der Waals surface area contributed by atoms with Gasteiger partial charge in [0, 0.05) is 12.3 Å². The lowest BCUT2D eigenvalue weighted by Crippen LogP contribution is -1.87. The van der Waals surface area contributed by atoms with E-state index in [1.54, 1.807) is 0 Å². The lowest BCUT2D eigenvalue weighted by atomic mass is 10.8. The summed E-state index contributed by atoms with van der Waals surface area (Å²) in [6.45, 7) is 6.72. The molecule has 0 heterocycles. The Morgan fingerprint density at radius 2 is 1.60 bits per heavy atom. The summed E-state index contributed by atoms with van der Waals surface area (Å²) >= 11 is 0. The first-order chi connectivity index (χ1) is 4.12. The van der Waals surface area contributed by atoms with Crippen LogP contribution in [-0.4, -0.2) is 17.2 Å². The lowest BCUT2D eigenvalue weighted by molar-refractivity contribution is 0.485. The number of rotatable bonds is 4. The Morgan fingerprint density at radius 1 is 1.30 bits per heavy atom. The smallest absolute Gasteiger partial charge is 0.207 e. The largest absolute Gasteiger partial charge is 0.344 e. The van der Waals surface area contributed by atoms with Crippen LogP contribution in [0.1, 0.15) is 0 Å². The minimum Gasteiger partial charge on any atom is -0.344 e. The van der Waals surface area contributed by atoms with Crippen LogP contribution in [0.4, 0.5) is 0 Å². The summed E-state index contributed by atoms with van der Waals surface area (Å²) in [6, 6.07) is 0. The van der Waals surface area contributed by atoms with Gasteiger partial charge in [-0.15, -0.1) is 30.1 Å². The third-order valence-corrected chi connectivity index (χ3v) is 2.49. The molecule has 0 rings (SSSR count). The highest BCUT2D eigenvalue weighted by Crippen LogP contribution is 2.39. The van der Waals surface area contributed by atoms with E-state index in [9.17, 15) is 4.57 Å². The predicted octanol–water partition coefficient (Wildman–Crippen LogP) is 2.21. The van der Waals surface area contributed by atoms with Crippen LogP contribution >= 0.6 is 24.4 Å². The molecule has 0 bridgehead atoms. The third-order valence-electron chi connectivity index (χ3n) is 0.829.